The number of hydrogen-bond donors (Lipinski definition) is 0. The topological polar surface area (TPSA) is 36.1 Å². The van der Waals surface area contributed by atoms with Crippen molar-refractivity contribution >= 4 is 16.8 Å². The average molecular weight is 276 g/mol. The van der Waals surface area contributed by atoms with Crippen LogP contribution >= 0.6 is 11.8 Å². The van der Waals surface area contributed by atoms with Gasteiger partial charge >= 0.3 is 0 Å². The van der Waals surface area contributed by atoms with Gasteiger partial charge in [0, 0.05) is 23.8 Å². The van der Waals surface area contributed by atoms with Crippen LogP contribution in [0.3, 0.4) is 0 Å². The normalized spacial score (nSPS) is 27.4. The lowest BCUT2D eigenvalue weighted by Crippen LogP contribution is -2.20. The molecule has 2 rings (SSSR count). The van der Waals surface area contributed by atoms with E-state index < -0.39 is 0 Å². The van der Waals surface area contributed by atoms with Crippen molar-refractivity contribution in [3.05, 3.63) is 11.8 Å². The van der Waals surface area contributed by atoms with Gasteiger partial charge in [0.1, 0.15) is 0 Å². The summed E-state index contributed by atoms with van der Waals surface area (Å²) >= 11 is 1.94. The Labute approximate surface area is 121 Å². The highest BCUT2D eigenvalue weighted by atomic mass is 32.2. The highest BCUT2D eigenvalue weighted by Crippen LogP contribution is 2.34. The van der Waals surface area contributed by atoms with Crippen LogP contribution in [0.25, 0.3) is 0 Å². The van der Waals surface area contributed by atoms with E-state index in [1.165, 1.54) is 36.3 Å². The van der Waals surface area contributed by atoms with Crippen LogP contribution in [0.2, 0.25) is 0 Å². The van der Waals surface area contributed by atoms with E-state index in [1.807, 2.05) is 11.8 Å². The molecule has 0 N–H and O–H groups in total. The third-order valence-electron chi connectivity index (χ3n) is 4.14. The number of thioether (sulfide) groups is 1. The molecule has 0 aromatic carbocycles. The molecule has 0 atom stereocenters. The predicted molar refractivity (Wildman–Crippen MR) is 83.2 cm³/mol. The smallest absolute Gasteiger partial charge is 0.0765 e. The maximum Gasteiger partial charge on any atom is 0.0765 e. The number of hydrogen-bond acceptors (Lipinski definition) is 3. The van der Waals surface area contributed by atoms with Crippen molar-refractivity contribution in [1.82, 2.24) is 0 Å². The van der Waals surface area contributed by atoms with Gasteiger partial charge in [-0.2, -0.15) is 5.26 Å². The fraction of sp³-hybridized carbons (Fsp3) is 0.750. The van der Waals surface area contributed by atoms with E-state index in [0.717, 1.165) is 31.4 Å². The zero-order valence-corrected chi connectivity index (χ0v) is 12.7. The molecule has 0 amide bonds. The molecule has 0 saturated heterocycles. The van der Waals surface area contributed by atoms with Crippen molar-refractivity contribution in [1.29, 1.82) is 5.26 Å². The standard InChI is InChI=1S/C16H24N2S/c1-2-3-4-5-14-11-18-16(19-12-14)15-8-6-13(10-17)7-9-15/h11,13,15H,2-9,12H2,1H3. The highest BCUT2D eigenvalue weighted by Gasteiger charge is 2.25. The third kappa shape index (κ3) is 4.38. The van der Waals surface area contributed by atoms with Gasteiger partial charge < -0.3 is 0 Å². The van der Waals surface area contributed by atoms with Gasteiger partial charge in [0.2, 0.25) is 0 Å². The Morgan fingerprint density at radius 2 is 2.11 bits per heavy atom. The summed E-state index contributed by atoms with van der Waals surface area (Å²) in [7, 11) is 0. The number of unbranched alkanes of at least 4 members (excludes halogenated alkanes) is 2. The first-order valence-electron chi connectivity index (χ1n) is 7.61. The third-order valence-corrected chi connectivity index (χ3v) is 5.39. The quantitative estimate of drug-likeness (QED) is 0.668. The molecular formula is C16H24N2S. The van der Waals surface area contributed by atoms with Gasteiger partial charge in [-0.25, -0.2) is 0 Å². The molecule has 0 spiro atoms. The molecule has 0 aromatic rings. The molecule has 2 nitrogen and oxygen atoms in total. The maximum absolute atomic E-state index is 8.93. The lowest BCUT2D eigenvalue weighted by Gasteiger charge is -2.27. The molecule has 1 aliphatic carbocycles. The summed E-state index contributed by atoms with van der Waals surface area (Å²) in [5, 5.41) is 10.3. The number of nitriles is 1. The van der Waals surface area contributed by atoms with Gasteiger partial charge in [0.15, 0.2) is 0 Å². The van der Waals surface area contributed by atoms with Crippen LogP contribution in [-0.4, -0.2) is 10.8 Å². The van der Waals surface area contributed by atoms with E-state index in [0.29, 0.717) is 11.8 Å². The Morgan fingerprint density at radius 3 is 2.68 bits per heavy atom. The van der Waals surface area contributed by atoms with Crippen LogP contribution in [0.4, 0.5) is 0 Å². The van der Waals surface area contributed by atoms with Crippen molar-refractivity contribution in [2.75, 3.05) is 5.75 Å². The summed E-state index contributed by atoms with van der Waals surface area (Å²) in [4.78, 5) is 4.70. The van der Waals surface area contributed by atoms with Gasteiger partial charge in [-0.15, -0.1) is 11.8 Å². The Morgan fingerprint density at radius 1 is 1.32 bits per heavy atom. The van der Waals surface area contributed by atoms with Crippen LogP contribution < -0.4 is 0 Å². The fourth-order valence-corrected chi connectivity index (χ4v) is 3.98. The molecule has 1 heterocycles. The number of aliphatic imine (C=N–C) groups is 1. The van der Waals surface area contributed by atoms with Crippen molar-refractivity contribution in [2.24, 2.45) is 16.8 Å². The number of rotatable bonds is 5. The Bertz CT molecular complexity index is 384. The van der Waals surface area contributed by atoms with Crippen LogP contribution in [0.15, 0.2) is 16.8 Å². The molecular weight excluding hydrogens is 252 g/mol. The van der Waals surface area contributed by atoms with Crippen LogP contribution in [0, 0.1) is 23.2 Å². The Kier molecular flexibility index (Phi) is 5.97. The van der Waals surface area contributed by atoms with Crippen molar-refractivity contribution in [3.63, 3.8) is 0 Å². The predicted octanol–water partition coefficient (Wildman–Crippen LogP) is 4.93. The van der Waals surface area contributed by atoms with Crippen molar-refractivity contribution < 1.29 is 0 Å². The van der Waals surface area contributed by atoms with E-state index in [2.05, 4.69) is 19.2 Å². The molecule has 0 bridgehead atoms. The molecule has 0 aromatic heterocycles. The maximum atomic E-state index is 8.93. The summed E-state index contributed by atoms with van der Waals surface area (Å²) in [6.45, 7) is 2.25. The summed E-state index contributed by atoms with van der Waals surface area (Å²) in [5.74, 6) is 2.06. The van der Waals surface area contributed by atoms with E-state index in [4.69, 9.17) is 10.3 Å². The SMILES string of the molecule is CCCCCC1=CN=C(C2CCC(C#N)CC2)SC1. The minimum absolute atomic E-state index is 0.297. The fourth-order valence-electron chi connectivity index (χ4n) is 2.83. The second-order valence-corrected chi connectivity index (χ2v) is 6.67. The second kappa shape index (κ2) is 7.75. The van der Waals surface area contributed by atoms with E-state index in [9.17, 15) is 0 Å². The zero-order valence-electron chi connectivity index (χ0n) is 11.9. The first-order valence-corrected chi connectivity index (χ1v) is 8.60. The molecule has 1 saturated carbocycles. The molecule has 19 heavy (non-hydrogen) atoms. The molecule has 104 valence electrons. The zero-order chi connectivity index (χ0) is 13.5. The molecule has 1 aliphatic heterocycles. The molecule has 1 fully saturated rings. The van der Waals surface area contributed by atoms with E-state index >= 15 is 0 Å². The largest absolute Gasteiger partial charge is 0.254 e. The Balaban J connectivity index is 1.81. The first kappa shape index (κ1) is 14.7. The van der Waals surface area contributed by atoms with Crippen molar-refractivity contribution in [3.8, 4) is 6.07 Å². The summed E-state index contributed by atoms with van der Waals surface area (Å²) in [5.41, 5.74) is 1.51. The van der Waals surface area contributed by atoms with Crippen LogP contribution in [0.5, 0.6) is 0 Å². The summed E-state index contributed by atoms with van der Waals surface area (Å²) in [6.07, 6.45) is 11.7. The van der Waals surface area contributed by atoms with E-state index in [-0.39, 0.29) is 0 Å². The lowest BCUT2D eigenvalue weighted by atomic mass is 9.83. The summed E-state index contributed by atoms with van der Waals surface area (Å²) < 4.78 is 0. The summed E-state index contributed by atoms with van der Waals surface area (Å²) in [6, 6.07) is 2.40. The van der Waals surface area contributed by atoms with Gasteiger partial charge in [-0.3, -0.25) is 4.99 Å². The minimum Gasteiger partial charge on any atom is -0.254 e. The molecule has 2 aliphatic rings. The lowest BCUT2D eigenvalue weighted by molar-refractivity contribution is 0.380. The van der Waals surface area contributed by atoms with Crippen molar-refractivity contribution in [2.45, 2.75) is 58.3 Å². The van der Waals surface area contributed by atoms with Gasteiger partial charge in [0.25, 0.3) is 0 Å². The van der Waals surface area contributed by atoms with Crippen LogP contribution in [-0.2, 0) is 0 Å². The molecule has 3 heteroatoms. The minimum atomic E-state index is 0.297. The molecule has 0 unspecified atom stereocenters. The van der Waals surface area contributed by atoms with Gasteiger partial charge in [0.05, 0.1) is 11.1 Å². The average Bonchev–Trinajstić information content (AvgIpc) is 2.48. The number of nitrogens with zero attached hydrogens (tertiary/aromatic N) is 2. The second-order valence-electron chi connectivity index (χ2n) is 5.68. The monoisotopic (exact) mass is 276 g/mol. The van der Waals surface area contributed by atoms with Gasteiger partial charge in [-0.1, -0.05) is 19.8 Å². The van der Waals surface area contributed by atoms with E-state index in [1.54, 1.807) is 0 Å². The first-order chi connectivity index (χ1) is 9.33. The highest BCUT2D eigenvalue weighted by molar-refractivity contribution is 8.14. The molecule has 0 radical (unpaired) electrons. The van der Waals surface area contributed by atoms with Crippen LogP contribution in [0.1, 0.15) is 58.3 Å². The Hall–Kier alpha value is -0.750. The van der Waals surface area contributed by atoms with Gasteiger partial charge in [-0.05, 0) is 44.1 Å².